The van der Waals surface area contributed by atoms with Gasteiger partial charge in [-0.2, -0.15) is 11.8 Å². The van der Waals surface area contributed by atoms with Gasteiger partial charge in [-0.15, -0.1) is 0 Å². The Morgan fingerprint density at radius 3 is 3.06 bits per heavy atom. The van der Waals surface area contributed by atoms with Gasteiger partial charge in [0, 0.05) is 30.6 Å². The van der Waals surface area contributed by atoms with Crippen LogP contribution >= 0.6 is 35.0 Å². The van der Waals surface area contributed by atoms with Gasteiger partial charge in [0.25, 0.3) is 0 Å². The van der Waals surface area contributed by atoms with Gasteiger partial charge < -0.3 is 0 Å². The third-order valence-electron chi connectivity index (χ3n) is 2.58. The van der Waals surface area contributed by atoms with Crippen LogP contribution < -0.4 is 0 Å². The molecule has 0 aliphatic carbocycles. The fraction of sp³-hybridized carbons (Fsp3) is 0.545. The molecule has 88 valence electrons. The second kappa shape index (κ2) is 5.58. The zero-order valence-corrected chi connectivity index (χ0v) is 11.4. The van der Waals surface area contributed by atoms with Crippen LogP contribution in [0.5, 0.6) is 0 Å². The molecule has 1 aliphatic rings. The van der Waals surface area contributed by atoms with Crippen LogP contribution in [-0.2, 0) is 6.54 Å². The molecule has 0 spiro atoms. The molecule has 0 N–H and O–H groups in total. The Bertz CT molecular complexity index is 373. The van der Waals surface area contributed by atoms with Crippen molar-refractivity contribution in [3.8, 4) is 0 Å². The van der Waals surface area contributed by atoms with Crippen molar-refractivity contribution in [2.24, 2.45) is 0 Å². The van der Waals surface area contributed by atoms with Crippen molar-refractivity contribution >= 4 is 35.0 Å². The van der Waals surface area contributed by atoms with E-state index in [-0.39, 0.29) is 0 Å². The summed E-state index contributed by atoms with van der Waals surface area (Å²) >= 11 is 14.0. The minimum Gasteiger partial charge on any atom is -0.296 e. The smallest absolute Gasteiger partial charge is 0.129 e. The van der Waals surface area contributed by atoms with E-state index in [2.05, 4.69) is 16.8 Å². The number of pyridine rings is 1. The second-order valence-electron chi connectivity index (χ2n) is 3.98. The van der Waals surface area contributed by atoms with E-state index in [0.29, 0.717) is 15.4 Å². The molecule has 0 bridgehead atoms. The Morgan fingerprint density at radius 2 is 2.31 bits per heavy atom. The molecule has 1 fully saturated rings. The van der Waals surface area contributed by atoms with Gasteiger partial charge in [0.2, 0.25) is 0 Å². The molecule has 0 saturated carbocycles. The van der Waals surface area contributed by atoms with E-state index in [0.717, 1.165) is 25.3 Å². The summed E-state index contributed by atoms with van der Waals surface area (Å²) in [6, 6.07) is 3.54. The average Bonchev–Trinajstić information content (AvgIpc) is 2.24. The van der Waals surface area contributed by atoms with Crippen LogP contribution in [0, 0.1) is 0 Å². The molecule has 2 heterocycles. The number of thioether (sulfide) groups is 1. The number of rotatable bonds is 2. The molecule has 1 unspecified atom stereocenters. The monoisotopic (exact) mass is 276 g/mol. The highest BCUT2D eigenvalue weighted by molar-refractivity contribution is 7.99. The Balaban J connectivity index is 2.05. The predicted molar refractivity (Wildman–Crippen MR) is 71.5 cm³/mol. The van der Waals surface area contributed by atoms with E-state index in [4.69, 9.17) is 23.2 Å². The maximum Gasteiger partial charge on any atom is 0.129 e. The molecule has 1 atom stereocenters. The molecule has 0 radical (unpaired) electrons. The van der Waals surface area contributed by atoms with Crippen molar-refractivity contribution in [1.29, 1.82) is 0 Å². The number of hydrogen-bond donors (Lipinski definition) is 0. The van der Waals surface area contributed by atoms with Gasteiger partial charge >= 0.3 is 0 Å². The van der Waals surface area contributed by atoms with Gasteiger partial charge in [-0.1, -0.05) is 30.1 Å². The zero-order chi connectivity index (χ0) is 11.5. The van der Waals surface area contributed by atoms with Crippen LogP contribution in [0.15, 0.2) is 12.1 Å². The van der Waals surface area contributed by atoms with Crippen LogP contribution in [0.4, 0.5) is 0 Å². The van der Waals surface area contributed by atoms with Crippen LogP contribution in [0.25, 0.3) is 0 Å². The average molecular weight is 277 g/mol. The number of hydrogen-bond acceptors (Lipinski definition) is 3. The fourth-order valence-corrected chi connectivity index (χ4v) is 3.23. The molecule has 16 heavy (non-hydrogen) atoms. The first-order valence-corrected chi connectivity index (χ1v) is 7.10. The summed E-state index contributed by atoms with van der Waals surface area (Å²) in [5.41, 5.74) is 0.883. The standard InChI is InChI=1S/C11H14Cl2N2S/c1-8-6-15(4-5-16-8)7-10-9(12)2-3-11(13)14-10/h2-3,8H,4-7H2,1H3. The van der Waals surface area contributed by atoms with Crippen molar-refractivity contribution in [3.63, 3.8) is 0 Å². The van der Waals surface area contributed by atoms with Gasteiger partial charge in [-0.05, 0) is 12.1 Å². The molecule has 5 heteroatoms. The first kappa shape index (κ1) is 12.5. The number of aromatic nitrogens is 1. The summed E-state index contributed by atoms with van der Waals surface area (Å²) in [6.07, 6.45) is 0. The van der Waals surface area contributed by atoms with E-state index in [9.17, 15) is 0 Å². The lowest BCUT2D eigenvalue weighted by atomic mass is 10.3. The SMILES string of the molecule is CC1CN(Cc2nc(Cl)ccc2Cl)CCS1. The normalized spacial score (nSPS) is 22.3. The predicted octanol–water partition coefficient (Wildman–Crippen LogP) is 3.33. The van der Waals surface area contributed by atoms with E-state index in [1.54, 1.807) is 6.07 Å². The summed E-state index contributed by atoms with van der Waals surface area (Å²) < 4.78 is 0. The van der Waals surface area contributed by atoms with Crippen molar-refractivity contribution in [1.82, 2.24) is 9.88 Å². The zero-order valence-electron chi connectivity index (χ0n) is 9.12. The summed E-state index contributed by atoms with van der Waals surface area (Å²) in [7, 11) is 0. The van der Waals surface area contributed by atoms with Crippen LogP contribution in [0.2, 0.25) is 10.2 Å². The first-order valence-electron chi connectivity index (χ1n) is 5.30. The van der Waals surface area contributed by atoms with Crippen molar-refractivity contribution in [2.45, 2.75) is 18.7 Å². The Hall–Kier alpha value is 0.0400. The highest BCUT2D eigenvalue weighted by Gasteiger charge is 2.18. The minimum atomic E-state index is 0.513. The molecule has 1 saturated heterocycles. The van der Waals surface area contributed by atoms with Gasteiger partial charge in [0.05, 0.1) is 10.7 Å². The molecular formula is C11H14Cl2N2S. The maximum atomic E-state index is 6.10. The highest BCUT2D eigenvalue weighted by Crippen LogP contribution is 2.22. The molecule has 2 nitrogen and oxygen atoms in total. The maximum absolute atomic E-state index is 6.10. The Morgan fingerprint density at radius 1 is 1.50 bits per heavy atom. The minimum absolute atomic E-state index is 0.513. The van der Waals surface area contributed by atoms with E-state index in [1.165, 1.54) is 5.75 Å². The van der Waals surface area contributed by atoms with Crippen molar-refractivity contribution < 1.29 is 0 Å². The molecule has 1 aromatic rings. The van der Waals surface area contributed by atoms with Crippen LogP contribution in [-0.4, -0.2) is 34.0 Å². The van der Waals surface area contributed by atoms with Gasteiger partial charge in [-0.25, -0.2) is 4.98 Å². The number of nitrogens with zero attached hydrogens (tertiary/aromatic N) is 2. The van der Waals surface area contributed by atoms with E-state index < -0.39 is 0 Å². The van der Waals surface area contributed by atoms with Crippen LogP contribution in [0.3, 0.4) is 0 Å². The lowest BCUT2D eigenvalue weighted by Crippen LogP contribution is -2.36. The third kappa shape index (κ3) is 3.27. The van der Waals surface area contributed by atoms with E-state index >= 15 is 0 Å². The molecule has 0 aromatic carbocycles. The lowest BCUT2D eigenvalue weighted by Gasteiger charge is -2.30. The Kier molecular flexibility index (Phi) is 4.36. The summed E-state index contributed by atoms with van der Waals surface area (Å²) in [4.78, 5) is 6.66. The Labute approximate surface area is 110 Å². The van der Waals surface area contributed by atoms with Crippen LogP contribution in [0.1, 0.15) is 12.6 Å². The largest absolute Gasteiger partial charge is 0.296 e. The highest BCUT2D eigenvalue weighted by atomic mass is 35.5. The quantitative estimate of drug-likeness (QED) is 0.771. The summed E-state index contributed by atoms with van der Waals surface area (Å²) in [6.45, 7) is 5.24. The second-order valence-corrected chi connectivity index (χ2v) is 6.32. The third-order valence-corrected chi connectivity index (χ3v) is 4.27. The molecular weight excluding hydrogens is 263 g/mol. The van der Waals surface area contributed by atoms with Crippen molar-refractivity contribution in [2.75, 3.05) is 18.8 Å². The lowest BCUT2D eigenvalue weighted by molar-refractivity contribution is 0.275. The summed E-state index contributed by atoms with van der Waals surface area (Å²) in [5.74, 6) is 1.18. The fourth-order valence-electron chi connectivity index (χ4n) is 1.81. The van der Waals surface area contributed by atoms with Gasteiger partial charge in [0.15, 0.2) is 0 Å². The number of halogens is 2. The van der Waals surface area contributed by atoms with Crippen molar-refractivity contribution in [3.05, 3.63) is 28.0 Å². The molecule has 1 aromatic heterocycles. The first-order chi connectivity index (χ1) is 7.65. The molecule has 1 aliphatic heterocycles. The topological polar surface area (TPSA) is 16.1 Å². The van der Waals surface area contributed by atoms with Gasteiger partial charge in [0.1, 0.15) is 5.15 Å². The van der Waals surface area contributed by atoms with E-state index in [1.807, 2.05) is 17.8 Å². The van der Waals surface area contributed by atoms with Gasteiger partial charge in [-0.3, -0.25) is 4.90 Å². The molecule has 0 amide bonds. The molecule has 2 rings (SSSR count). The summed E-state index contributed by atoms with van der Waals surface area (Å²) in [5, 5.41) is 1.90.